The van der Waals surface area contributed by atoms with E-state index in [1.54, 1.807) is 18.2 Å². The average Bonchev–Trinajstić information content (AvgIpc) is 2.47. The number of halogens is 1. The molecule has 0 saturated carbocycles. The van der Waals surface area contributed by atoms with Crippen molar-refractivity contribution >= 4 is 17.6 Å². The van der Waals surface area contributed by atoms with E-state index < -0.39 is 12.1 Å². The highest BCUT2D eigenvalue weighted by Crippen LogP contribution is 2.27. The van der Waals surface area contributed by atoms with Crippen molar-refractivity contribution in [3.05, 3.63) is 64.7 Å². The van der Waals surface area contributed by atoms with Gasteiger partial charge in [-0.25, -0.2) is 4.79 Å². The molecule has 0 aliphatic heterocycles. The van der Waals surface area contributed by atoms with Gasteiger partial charge in [0, 0.05) is 11.4 Å². The molecule has 0 heterocycles. The second-order valence-electron chi connectivity index (χ2n) is 5.47. The monoisotopic (exact) mass is 318 g/mol. The first kappa shape index (κ1) is 16.4. The van der Waals surface area contributed by atoms with Gasteiger partial charge in [-0.3, -0.25) is 0 Å². The number of benzene rings is 2. The van der Waals surface area contributed by atoms with Gasteiger partial charge in [-0.1, -0.05) is 55.8 Å². The third-order valence-corrected chi connectivity index (χ3v) is 3.63. The summed E-state index contributed by atoms with van der Waals surface area (Å²) in [6, 6.07) is 14.7. The van der Waals surface area contributed by atoms with Gasteiger partial charge in [-0.15, -0.1) is 0 Å². The van der Waals surface area contributed by atoms with E-state index in [9.17, 15) is 9.90 Å². The Morgan fingerprint density at radius 2 is 1.91 bits per heavy atom. The zero-order chi connectivity index (χ0) is 16.1. The Hall–Kier alpha value is -2.00. The number of carboxylic acid groups (broad SMARTS) is 1. The lowest BCUT2D eigenvalue weighted by molar-refractivity contribution is -0.145. The van der Waals surface area contributed by atoms with Gasteiger partial charge in [-0.2, -0.15) is 0 Å². The highest BCUT2D eigenvalue weighted by molar-refractivity contribution is 6.30. The molecule has 4 heteroatoms. The standard InChI is InChI=1S/C18H19ClO3/c1-12(2)15-8-3-4-9-16(15)22-17(18(20)21)11-13-6-5-7-14(19)10-13/h3-10,12,17H,11H2,1-2H3,(H,20,21)/t17-/m1/s1. The Morgan fingerprint density at radius 1 is 1.18 bits per heavy atom. The Morgan fingerprint density at radius 3 is 2.55 bits per heavy atom. The minimum atomic E-state index is -0.987. The van der Waals surface area contributed by atoms with Crippen LogP contribution in [0.3, 0.4) is 0 Å². The summed E-state index contributed by atoms with van der Waals surface area (Å²) in [6.45, 7) is 4.10. The Kier molecular flexibility index (Phi) is 5.45. The van der Waals surface area contributed by atoms with Crippen molar-refractivity contribution in [1.29, 1.82) is 0 Å². The van der Waals surface area contributed by atoms with E-state index in [0.29, 0.717) is 10.8 Å². The molecule has 3 nitrogen and oxygen atoms in total. The highest BCUT2D eigenvalue weighted by atomic mass is 35.5. The number of rotatable bonds is 6. The molecular formula is C18H19ClO3. The van der Waals surface area contributed by atoms with Crippen LogP contribution in [0.2, 0.25) is 5.02 Å². The lowest BCUT2D eigenvalue weighted by Crippen LogP contribution is -2.29. The molecule has 0 aromatic heterocycles. The zero-order valence-electron chi connectivity index (χ0n) is 12.6. The van der Waals surface area contributed by atoms with Gasteiger partial charge in [0.15, 0.2) is 6.10 Å². The van der Waals surface area contributed by atoms with Crippen LogP contribution in [0.5, 0.6) is 5.75 Å². The van der Waals surface area contributed by atoms with Gasteiger partial charge >= 0.3 is 5.97 Å². The molecular weight excluding hydrogens is 300 g/mol. The van der Waals surface area contributed by atoms with Gasteiger partial charge in [0.25, 0.3) is 0 Å². The maximum absolute atomic E-state index is 11.5. The van der Waals surface area contributed by atoms with E-state index in [4.69, 9.17) is 16.3 Å². The second kappa shape index (κ2) is 7.32. The third-order valence-electron chi connectivity index (χ3n) is 3.40. The minimum absolute atomic E-state index is 0.261. The summed E-state index contributed by atoms with van der Waals surface area (Å²) >= 11 is 5.95. The number of carbonyl (C=O) groups is 1. The van der Waals surface area contributed by atoms with Gasteiger partial charge in [0.05, 0.1) is 0 Å². The molecule has 0 aliphatic carbocycles. The summed E-state index contributed by atoms with van der Waals surface area (Å²) in [5.74, 6) is -0.109. The molecule has 0 spiro atoms. The Labute approximate surface area is 135 Å². The van der Waals surface area contributed by atoms with Crippen molar-refractivity contribution in [2.24, 2.45) is 0 Å². The van der Waals surface area contributed by atoms with Crippen molar-refractivity contribution < 1.29 is 14.6 Å². The number of hydrogen-bond acceptors (Lipinski definition) is 2. The molecule has 2 aromatic rings. The van der Waals surface area contributed by atoms with Crippen molar-refractivity contribution in [2.45, 2.75) is 32.3 Å². The minimum Gasteiger partial charge on any atom is -0.478 e. The van der Waals surface area contributed by atoms with Crippen molar-refractivity contribution in [3.63, 3.8) is 0 Å². The van der Waals surface area contributed by atoms with E-state index in [0.717, 1.165) is 11.1 Å². The normalized spacial score (nSPS) is 12.2. The Bertz CT molecular complexity index is 652. The SMILES string of the molecule is CC(C)c1ccccc1O[C@H](Cc1cccc(Cl)c1)C(=O)O. The largest absolute Gasteiger partial charge is 0.478 e. The molecule has 0 amide bonds. The maximum atomic E-state index is 11.5. The van der Waals surface area contributed by atoms with E-state index in [1.165, 1.54) is 0 Å². The first-order valence-corrected chi connectivity index (χ1v) is 7.58. The van der Waals surface area contributed by atoms with Crippen LogP contribution in [-0.4, -0.2) is 17.2 Å². The molecule has 0 saturated heterocycles. The summed E-state index contributed by atoms with van der Waals surface area (Å²) in [7, 11) is 0. The van der Waals surface area contributed by atoms with Gasteiger partial charge in [-0.05, 0) is 35.2 Å². The first-order chi connectivity index (χ1) is 10.5. The van der Waals surface area contributed by atoms with E-state index in [2.05, 4.69) is 13.8 Å². The summed E-state index contributed by atoms with van der Waals surface area (Å²) in [5, 5.41) is 10.0. The first-order valence-electron chi connectivity index (χ1n) is 7.20. The topological polar surface area (TPSA) is 46.5 Å². The number of hydrogen-bond donors (Lipinski definition) is 1. The van der Waals surface area contributed by atoms with Crippen LogP contribution < -0.4 is 4.74 Å². The molecule has 1 atom stereocenters. The van der Waals surface area contributed by atoms with Crippen LogP contribution >= 0.6 is 11.6 Å². The molecule has 0 bridgehead atoms. The van der Waals surface area contributed by atoms with Crippen LogP contribution in [0.4, 0.5) is 0 Å². The Balaban J connectivity index is 2.21. The quantitative estimate of drug-likeness (QED) is 0.850. The fraction of sp³-hybridized carbons (Fsp3) is 0.278. The van der Waals surface area contributed by atoms with Crippen molar-refractivity contribution in [3.8, 4) is 5.75 Å². The summed E-state index contributed by atoms with van der Waals surface area (Å²) in [4.78, 5) is 11.5. The van der Waals surface area contributed by atoms with Gasteiger partial charge < -0.3 is 9.84 Å². The smallest absolute Gasteiger partial charge is 0.345 e. The second-order valence-corrected chi connectivity index (χ2v) is 5.91. The van der Waals surface area contributed by atoms with Crippen molar-refractivity contribution in [1.82, 2.24) is 0 Å². The van der Waals surface area contributed by atoms with Gasteiger partial charge in [0.1, 0.15) is 5.75 Å². The van der Waals surface area contributed by atoms with Crippen LogP contribution in [-0.2, 0) is 11.2 Å². The number of para-hydroxylation sites is 1. The average molecular weight is 319 g/mol. The summed E-state index contributed by atoms with van der Waals surface area (Å²) in [6.07, 6.45) is -0.680. The lowest BCUT2D eigenvalue weighted by Gasteiger charge is -2.19. The summed E-state index contributed by atoms with van der Waals surface area (Å²) < 4.78 is 5.77. The molecule has 0 unspecified atom stereocenters. The summed E-state index contributed by atoms with van der Waals surface area (Å²) in [5.41, 5.74) is 1.83. The van der Waals surface area contributed by atoms with Crippen LogP contribution in [0.1, 0.15) is 30.9 Å². The number of ether oxygens (including phenoxy) is 1. The number of aliphatic carboxylic acids is 1. The molecule has 2 rings (SSSR count). The van der Waals surface area contributed by atoms with Crippen LogP contribution in [0.15, 0.2) is 48.5 Å². The molecule has 116 valence electrons. The fourth-order valence-corrected chi connectivity index (χ4v) is 2.49. The van der Waals surface area contributed by atoms with E-state index in [1.807, 2.05) is 30.3 Å². The maximum Gasteiger partial charge on any atom is 0.345 e. The molecule has 2 aromatic carbocycles. The molecule has 0 fully saturated rings. The third kappa shape index (κ3) is 4.25. The van der Waals surface area contributed by atoms with Crippen LogP contribution in [0.25, 0.3) is 0 Å². The van der Waals surface area contributed by atoms with Crippen molar-refractivity contribution in [2.75, 3.05) is 0 Å². The zero-order valence-corrected chi connectivity index (χ0v) is 13.4. The van der Waals surface area contributed by atoms with Gasteiger partial charge in [0.2, 0.25) is 0 Å². The van der Waals surface area contributed by atoms with Crippen LogP contribution in [0, 0.1) is 0 Å². The molecule has 1 N–H and O–H groups in total. The van der Waals surface area contributed by atoms with E-state index in [-0.39, 0.29) is 12.3 Å². The number of carboxylic acids is 1. The van der Waals surface area contributed by atoms with E-state index >= 15 is 0 Å². The lowest BCUT2D eigenvalue weighted by atomic mass is 10.0. The predicted octanol–water partition coefficient (Wildman–Crippen LogP) is 4.54. The highest BCUT2D eigenvalue weighted by Gasteiger charge is 2.22. The predicted molar refractivity (Wildman–Crippen MR) is 87.7 cm³/mol. The fourth-order valence-electron chi connectivity index (χ4n) is 2.28. The molecule has 0 aliphatic rings. The molecule has 22 heavy (non-hydrogen) atoms. The molecule has 0 radical (unpaired) electrons.